The van der Waals surface area contributed by atoms with Crippen LogP contribution < -0.4 is 5.32 Å². The molecule has 2 rings (SSSR count). The minimum atomic E-state index is 0.921. The van der Waals surface area contributed by atoms with E-state index in [9.17, 15) is 0 Å². The van der Waals surface area contributed by atoms with E-state index in [0.29, 0.717) is 0 Å². The van der Waals surface area contributed by atoms with Gasteiger partial charge in [-0.1, -0.05) is 37.3 Å². The van der Waals surface area contributed by atoms with Gasteiger partial charge in [-0.25, -0.2) is 0 Å². The fourth-order valence-corrected chi connectivity index (χ4v) is 2.11. The van der Waals surface area contributed by atoms with Crippen molar-refractivity contribution in [1.82, 2.24) is 10.2 Å². The molecule has 0 radical (unpaired) electrons. The number of rotatable bonds is 6. The Morgan fingerprint density at radius 3 is 2.56 bits per heavy atom. The third-order valence-electron chi connectivity index (χ3n) is 3.42. The van der Waals surface area contributed by atoms with Gasteiger partial charge in [0.15, 0.2) is 0 Å². The molecule has 16 heavy (non-hydrogen) atoms. The first-order valence-corrected chi connectivity index (χ1v) is 6.35. The highest BCUT2D eigenvalue weighted by Gasteiger charge is 2.17. The highest BCUT2D eigenvalue weighted by Crippen LogP contribution is 2.11. The number of benzene rings is 1. The Hall–Kier alpha value is -0.860. The van der Waals surface area contributed by atoms with Crippen LogP contribution in [-0.4, -0.2) is 31.1 Å². The second-order valence-corrected chi connectivity index (χ2v) is 4.67. The third kappa shape index (κ3) is 3.32. The van der Waals surface area contributed by atoms with E-state index in [2.05, 4.69) is 47.5 Å². The summed E-state index contributed by atoms with van der Waals surface area (Å²) in [5.74, 6) is 0.921. The normalized spacial score (nSPS) is 16.4. The fraction of sp³-hybridized carbons (Fsp3) is 0.571. The Balaban J connectivity index is 1.76. The van der Waals surface area contributed by atoms with Crippen molar-refractivity contribution in [2.45, 2.75) is 19.9 Å². The molecule has 1 saturated heterocycles. The molecule has 1 aliphatic rings. The zero-order chi connectivity index (χ0) is 11.2. The molecule has 0 aliphatic carbocycles. The first kappa shape index (κ1) is 11.6. The minimum Gasteiger partial charge on any atom is -0.316 e. The van der Waals surface area contributed by atoms with Gasteiger partial charge in [0, 0.05) is 6.54 Å². The van der Waals surface area contributed by atoms with E-state index in [-0.39, 0.29) is 0 Å². The summed E-state index contributed by atoms with van der Waals surface area (Å²) in [5.41, 5.74) is 1.43. The van der Waals surface area contributed by atoms with E-state index in [1.807, 2.05) is 0 Å². The Morgan fingerprint density at radius 1 is 1.25 bits per heavy atom. The predicted molar refractivity (Wildman–Crippen MR) is 68.4 cm³/mol. The number of nitrogens with zero attached hydrogens (tertiary/aromatic N) is 1. The molecule has 0 unspecified atom stereocenters. The molecule has 0 amide bonds. The maximum absolute atomic E-state index is 3.33. The van der Waals surface area contributed by atoms with Gasteiger partial charge in [-0.15, -0.1) is 0 Å². The Morgan fingerprint density at radius 2 is 2.00 bits per heavy atom. The molecule has 1 aromatic rings. The van der Waals surface area contributed by atoms with Gasteiger partial charge < -0.3 is 5.32 Å². The zero-order valence-electron chi connectivity index (χ0n) is 10.2. The zero-order valence-corrected chi connectivity index (χ0v) is 10.2. The molecule has 1 N–H and O–H groups in total. The Labute approximate surface area is 98.7 Å². The van der Waals surface area contributed by atoms with Crippen LogP contribution >= 0.6 is 0 Å². The first-order valence-electron chi connectivity index (χ1n) is 6.35. The highest BCUT2D eigenvalue weighted by molar-refractivity contribution is 5.14. The Bertz CT molecular complexity index is 293. The van der Waals surface area contributed by atoms with Crippen molar-refractivity contribution in [3.05, 3.63) is 35.9 Å². The van der Waals surface area contributed by atoms with Gasteiger partial charge in [0.05, 0.1) is 0 Å². The van der Waals surface area contributed by atoms with Gasteiger partial charge >= 0.3 is 0 Å². The largest absolute Gasteiger partial charge is 0.316 e. The summed E-state index contributed by atoms with van der Waals surface area (Å²) in [7, 11) is 0. The molecule has 0 saturated carbocycles. The topological polar surface area (TPSA) is 15.3 Å². The van der Waals surface area contributed by atoms with Crippen LogP contribution in [-0.2, 0) is 6.54 Å². The van der Waals surface area contributed by atoms with Crippen LogP contribution in [0.3, 0.4) is 0 Å². The van der Waals surface area contributed by atoms with Crippen molar-refractivity contribution in [3.8, 4) is 0 Å². The van der Waals surface area contributed by atoms with Crippen LogP contribution in [0, 0.1) is 5.92 Å². The summed E-state index contributed by atoms with van der Waals surface area (Å²) in [6.07, 6.45) is 1.34. The van der Waals surface area contributed by atoms with Gasteiger partial charge in [0.2, 0.25) is 0 Å². The lowest BCUT2D eigenvalue weighted by Crippen LogP contribution is -2.43. The van der Waals surface area contributed by atoms with Crippen LogP contribution in [0.1, 0.15) is 18.9 Å². The van der Waals surface area contributed by atoms with E-state index in [4.69, 9.17) is 0 Å². The number of nitrogens with one attached hydrogen (secondary N) is 1. The van der Waals surface area contributed by atoms with E-state index < -0.39 is 0 Å². The molecule has 0 spiro atoms. The van der Waals surface area contributed by atoms with Gasteiger partial charge in [0.1, 0.15) is 0 Å². The van der Waals surface area contributed by atoms with E-state index >= 15 is 0 Å². The molecule has 1 fully saturated rings. The van der Waals surface area contributed by atoms with Gasteiger partial charge in [-0.3, -0.25) is 4.90 Å². The molecule has 1 aliphatic heterocycles. The van der Waals surface area contributed by atoms with Gasteiger partial charge in [0.25, 0.3) is 0 Å². The molecular weight excluding hydrogens is 196 g/mol. The second kappa shape index (κ2) is 6.02. The smallest absolute Gasteiger partial charge is 0.0233 e. The SMILES string of the molecule is CCN(CCC1CNC1)Cc1ccccc1. The van der Waals surface area contributed by atoms with Crippen molar-refractivity contribution in [3.63, 3.8) is 0 Å². The maximum Gasteiger partial charge on any atom is 0.0233 e. The van der Waals surface area contributed by atoms with Crippen molar-refractivity contribution >= 4 is 0 Å². The lowest BCUT2D eigenvalue weighted by atomic mass is 9.99. The maximum atomic E-state index is 3.33. The monoisotopic (exact) mass is 218 g/mol. The first-order chi connectivity index (χ1) is 7.88. The van der Waals surface area contributed by atoms with Crippen molar-refractivity contribution in [1.29, 1.82) is 0 Å². The molecule has 2 nitrogen and oxygen atoms in total. The molecule has 0 aromatic heterocycles. The fourth-order valence-electron chi connectivity index (χ4n) is 2.11. The number of hydrogen-bond donors (Lipinski definition) is 1. The predicted octanol–water partition coefficient (Wildman–Crippen LogP) is 2.12. The van der Waals surface area contributed by atoms with E-state index in [1.54, 1.807) is 0 Å². The summed E-state index contributed by atoms with van der Waals surface area (Å²) in [5, 5.41) is 3.33. The third-order valence-corrected chi connectivity index (χ3v) is 3.42. The summed E-state index contributed by atoms with van der Waals surface area (Å²) < 4.78 is 0. The van der Waals surface area contributed by atoms with Gasteiger partial charge in [-0.05, 0) is 44.1 Å². The average molecular weight is 218 g/mol. The molecule has 2 heteroatoms. The molecule has 88 valence electrons. The van der Waals surface area contributed by atoms with Crippen LogP contribution in [0.5, 0.6) is 0 Å². The standard InChI is InChI=1S/C14H22N2/c1-2-16(9-8-14-10-15-11-14)12-13-6-4-3-5-7-13/h3-7,14-15H,2,8-12H2,1H3. The quantitative estimate of drug-likeness (QED) is 0.787. The Kier molecular flexibility index (Phi) is 4.37. The highest BCUT2D eigenvalue weighted by atomic mass is 15.1. The average Bonchev–Trinajstić information content (AvgIpc) is 2.27. The minimum absolute atomic E-state index is 0.921. The summed E-state index contributed by atoms with van der Waals surface area (Å²) in [6.45, 7) is 8.18. The van der Waals surface area contributed by atoms with E-state index in [0.717, 1.165) is 19.0 Å². The van der Waals surface area contributed by atoms with Gasteiger partial charge in [-0.2, -0.15) is 0 Å². The summed E-state index contributed by atoms with van der Waals surface area (Å²) in [6, 6.07) is 10.8. The summed E-state index contributed by atoms with van der Waals surface area (Å²) in [4.78, 5) is 2.54. The van der Waals surface area contributed by atoms with Crippen LogP contribution in [0.15, 0.2) is 30.3 Å². The molecule has 1 aromatic carbocycles. The molecular formula is C14H22N2. The molecule has 1 heterocycles. The van der Waals surface area contributed by atoms with Crippen LogP contribution in [0.4, 0.5) is 0 Å². The van der Waals surface area contributed by atoms with Crippen molar-refractivity contribution in [2.75, 3.05) is 26.2 Å². The second-order valence-electron chi connectivity index (χ2n) is 4.67. The molecule has 0 bridgehead atoms. The lowest BCUT2D eigenvalue weighted by Gasteiger charge is -2.30. The van der Waals surface area contributed by atoms with Crippen LogP contribution in [0.25, 0.3) is 0 Å². The number of hydrogen-bond acceptors (Lipinski definition) is 2. The molecule has 0 atom stereocenters. The van der Waals surface area contributed by atoms with Crippen LogP contribution in [0.2, 0.25) is 0 Å². The summed E-state index contributed by atoms with van der Waals surface area (Å²) >= 11 is 0. The van der Waals surface area contributed by atoms with E-state index in [1.165, 1.54) is 31.6 Å². The lowest BCUT2D eigenvalue weighted by molar-refractivity contribution is 0.228. The van der Waals surface area contributed by atoms with Crippen molar-refractivity contribution in [2.24, 2.45) is 5.92 Å². The van der Waals surface area contributed by atoms with Crippen molar-refractivity contribution < 1.29 is 0 Å².